The van der Waals surface area contributed by atoms with Gasteiger partial charge in [0.05, 0.1) is 33.4 Å². The summed E-state index contributed by atoms with van der Waals surface area (Å²) in [5.41, 5.74) is 16.4. The van der Waals surface area contributed by atoms with Gasteiger partial charge in [-0.2, -0.15) is 0 Å². The molecule has 0 aliphatic carbocycles. The predicted octanol–water partition coefficient (Wildman–Crippen LogP) is 12.3. The topological polar surface area (TPSA) is 22.8 Å². The third-order valence-electron chi connectivity index (χ3n) is 10.5. The highest BCUT2D eigenvalue weighted by Gasteiger charge is 2.29. The van der Waals surface area contributed by atoms with Crippen molar-refractivity contribution in [2.75, 3.05) is 0 Å². The molecule has 232 valence electrons. The van der Waals surface area contributed by atoms with E-state index in [0.717, 1.165) is 22.5 Å². The number of rotatable bonds is 3. The summed E-state index contributed by atoms with van der Waals surface area (Å²) >= 11 is 0. The molecule has 0 radical (unpaired) electrons. The zero-order chi connectivity index (χ0) is 32.8. The predicted molar refractivity (Wildman–Crippen MR) is 208 cm³/mol. The number of para-hydroxylation sites is 3. The largest absolute Gasteiger partial charge is 0.309 e. The van der Waals surface area contributed by atoms with E-state index >= 15 is 0 Å². The maximum Gasteiger partial charge on any atom is 0.0802 e. The summed E-state index contributed by atoms with van der Waals surface area (Å²) in [7, 11) is 0. The van der Waals surface area contributed by atoms with Crippen molar-refractivity contribution >= 4 is 43.6 Å². The Labute approximate surface area is 288 Å². The Morgan fingerprint density at radius 2 is 1.02 bits per heavy atom. The molecule has 0 amide bonds. The Kier molecular flexibility index (Phi) is 5.67. The van der Waals surface area contributed by atoms with E-state index in [1.54, 1.807) is 0 Å². The molecule has 0 spiro atoms. The number of pyridine rings is 1. The van der Waals surface area contributed by atoms with Crippen LogP contribution in [0.4, 0.5) is 0 Å². The van der Waals surface area contributed by atoms with Gasteiger partial charge in [-0.05, 0) is 64.7 Å². The Hall–Kier alpha value is -6.71. The molecule has 50 heavy (non-hydrogen) atoms. The lowest BCUT2D eigenvalue weighted by molar-refractivity contribution is 1.18. The number of hydrogen-bond donors (Lipinski definition) is 0. The van der Waals surface area contributed by atoms with Gasteiger partial charge in [0, 0.05) is 50.1 Å². The highest BCUT2D eigenvalue weighted by Crippen LogP contribution is 2.50. The van der Waals surface area contributed by atoms with E-state index < -0.39 is 0 Å². The average Bonchev–Trinajstić information content (AvgIpc) is 3.67. The van der Waals surface area contributed by atoms with Crippen LogP contribution >= 0.6 is 0 Å². The van der Waals surface area contributed by atoms with Crippen LogP contribution in [0, 0.1) is 0 Å². The minimum atomic E-state index is 1.02. The van der Waals surface area contributed by atoms with Gasteiger partial charge in [-0.3, -0.25) is 4.98 Å². The van der Waals surface area contributed by atoms with Crippen LogP contribution in [-0.2, 0) is 0 Å². The molecule has 3 heteroatoms. The van der Waals surface area contributed by atoms with Crippen molar-refractivity contribution in [2.24, 2.45) is 0 Å². The molecule has 10 aromatic rings. The zero-order valence-electron chi connectivity index (χ0n) is 27.1. The van der Waals surface area contributed by atoms with Crippen LogP contribution in [-0.4, -0.2) is 14.1 Å². The molecule has 4 heterocycles. The van der Waals surface area contributed by atoms with Crippen molar-refractivity contribution in [3.8, 4) is 56.0 Å². The van der Waals surface area contributed by atoms with E-state index in [1.165, 1.54) is 77.1 Å². The van der Waals surface area contributed by atoms with E-state index in [9.17, 15) is 0 Å². The fraction of sp³-hybridized carbons (Fsp3) is 0. The lowest BCUT2D eigenvalue weighted by Crippen LogP contribution is -1.97. The smallest absolute Gasteiger partial charge is 0.0802 e. The van der Waals surface area contributed by atoms with Gasteiger partial charge in [0.15, 0.2) is 0 Å². The molecule has 0 saturated carbocycles. The van der Waals surface area contributed by atoms with Gasteiger partial charge in [-0.25, -0.2) is 0 Å². The molecule has 3 nitrogen and oxygen atoms in total. The second kappa shape index (κ2) is 10.4. The van der Waals surface area contributed by atoms with Crippen LogP contribution < -0.4 is 0 Å². The van der Waals surface area contributed by atoms with Gasteiger partial charge < -0.3 is 9.13 Å². The van der Waals surface area contributed by atoms with Crippen LogP contribution in [0.15, 0.2) is 176 Å². The van der Waals surface area contributed by atoms with Crippen molar-refractivity contribution in [3.05, 3.63) is 176 Å². The van der Waals surface area contributed by atoms with Gasteiger partial charge in [0.1, 0.15) is 0 Å². The summed E-state index contributed by atoms with van der Waals surface area (Å²) in [5, 5.41) is 4.93. The maximum absolute atomic E-state index is 5.09. The SMILES string of the molecule is c1ccc(-c2ccc(-n3c4ccccc4c4cc5c6c(c7ccccc7n6-c6ccccc6-c6cccnc6-5)c43)cc2-c2ccccc2)cc1. The molecular formula is C47H29N3. The van der Waals surface area contributed by atoms with E-state index in [2.05, 4.69) is 179 Å². The summed E-state index contributed by atoms with van der Waals surface area (Å²) in [4.78, 5) is 5.09. The number of benzene rings is 7. The van der Waals surface area contributed by atoms with Gasteiger partial charge in [0.2, 0.25) is 0 Å². The minimum Gasteiger partial charge on any atom is -0.309 e. The summed E-state index contributed by atoms with van der Waals surface area (Å²) < 4.78 is 4.98. The molecule has 0 bridgehead atoms. The number of fused-ring (bicyclic) bond motifs is 12. The van der Waals surface area contributed by atoms with E-state index in [1.807, 2.05) is 6.20 Å². The molecule has 3 aromatic heterocycles. The van der Waals surface area contributed by atoms with Crippen LogP contribution in [0.3, 0.4) is 0 Å². The van der Waals surface area contributed by atoms with Crippen molar-refractivity contribution < 1.29 is 0 Å². The number of hydrogen-bond acceptors (Lipinski definition) is 1. The average molecular weight is 636 g/mol. The Balaban J connectivity index is 1.34. The Bertz CT molecular complexity index is 2970. The van der Waals surface area contributed by atoms with Crippen LogP contribution in [0.2, 0.25) is 0 Å². The first-order valence-corrected chi connectivity index (χ1v) is 17.1. The first-order valence-electron chi connectivity index (χ1n) is 17.1. The van der Waals surface area contributed by atoms with Crippen LogP contribution in [0.1, 0.15) is 0 Å². The molecule has 1 aliphatic heterocycles. The van der Waals surface area contributed by atoms with Crippen molar-refractivity contribution in [2.45, 2.75) is 0 Å². The zero-order valence-corrected chi connectivity index (χ0v) is 27.1. The summed E-state index contributed by atoms with van der Waals surface area (Å²) in [6, 6.07) is 61.6. The Morgan fingerprint density at radius 3 is 1.82 bits per heavy atom. The summed E-state index contributed by atoms with van der Waals surface area (Å²) in [6.45, 7) is 0. The van der Waals surface area contributed by atoms with Crippen molar-refractivity contribution in [1.29, 1.82) is 0 Å². The third kappa shape index (κ3) is 3.72. The monoisotopic (exact) mass is 635 g/mol. The van der Waals surface area contributed by atoms with Gasteiger partial charge in [0.25, 0.3) is 0 Å². The van der Waals surface area contributed by atoms with Crippen molar-refractivity contribution in [3.63, 3.8) is 0 Å². The lowest BCUT2D eigenvalue weighted by Gasteiger charge is -2.16. The second-order valence-corrected chi connectivity index (χ2v) is 13.1. The molecule has 0 saturated heterocycles. The van der Waals surface area contributed by atoms with Crippen molar-refractivity contribution in [1.82, 2.24) is 14.1 Å². The highest BCUT2D eigenvalue weighted by atomic mass is 15.0. The normalized spacial score (nSPS) is 12.0. The fourth-order valence-corrected chi connectivity index (χ4v) is 8.43. The van der Waals surface area contributed by atoms with Gasteiger partial charge >= 0.3 is 0 Å². The first-order chi connectivity index (χ1) is 24.8. The second-order valence-electron chi connectivity index (χ2n) is 13.1. The molecule has 0 fully saturated rings. The van der Waals surface area contributed by atoms with E-state index in [4.69, 9.17) is 4.98 Å². The molecular weight excluding hydrogens is 607 g/mol. The van der Waals surface area contributed by atoms with Crippen LogP contribution in [0.5, 0.6) is 0 Å². The lowest BCUT2D eigenvalue weighted by atomic mass is 9.94. The third-order valence-corrected chi connectivity index (χ3v) is 10.5. The van der Waals surface area contributed by atoms with E-state index in [0.29, 0.717) is 0 Å². The summed E-state index contributed by atoms with van der Waals surface area (Å²) in [5.74, 6) is 0. The van der Waals surface area contributed by atoms with E-state index in [-0.39, 0.29) is 0 Å². The summed E-state index contributed by atoms with van der Waals surface area (Å²) in [6.07, 6.45) is 1.93. The number of aromatic nitrogens is 3. The maximum atomic E-state index is 5.09. The first kappa shape index (κ1) is 27.3. The molecule has 7 aromatic carbocycles. The molecule has 0 N–H and O–H groups in total. The highest BCUT2D eigenvalue weighted by molar-refractivity contribution is 6.30. The standard InChI is InChI=1S/C47H29N3/c1-3-14-30(15-4-1)33-26-25-32(28-38(33)31-16-5-2-6-17-31)49-41-22-10-8-19-35(41)39-29-40-45-36(21-13-27-48-45)34-18-7-11-23-42(34)50-43-24-12-9-20-37(43)44(46(39)49)47(40)50/h1-29H. The quantitative estimate of drug-likeness (QED) is 0.189. The fourth-order valence-electron chi connectivity index (χ4n) is 8.43. The Morgan fingerprint density at radius 1 is 0.380 bits per heavy atom. The number of nitrogens with zero attached hydrogens (tertiary/aromatic N) is 3. The molecule has 11 rings (SSSR count). The van der Waals surface area contributed by atoms with Gasteiger partial charge in [-0.15, -0.1) is 0 Å². The minimum absolute atomic E-state index is 1.02. The van der Waals surface area contributed by atoms with Crippen LogP contribution in [0.25, 0.3) is 99.6 Å². The van der Waals surface area contributed by atoms with Gasteiger partial charge in [-0.1, -0.05) is 127 Å². The molecule has 0 atom stereocenters. The molecule has 0 unspecified atom stereocenters. The molecule has 1 aliphatic rings.